The van der Waals surface area contributed by atoms with E-state index in [1.165, 1.54) is 30.3 Å². The second-order valence-electron chi connectivity index (χ2n) is 4.43. The van der Waals surface area contributed by atoms with E-state index < -0.39 is 11.7 Å². The van der Waals surface area contributed by atoms with Crippen molar-refractivity contribution in [2.75, 3.05) is 5.75 Å². The van der Waals surface area contributed by atoms with Gasteiger partial charge in [0.15, 0.2) is 0 Å². The number of rotatable bonds is 7. The Hall–Kier alpha value is -0.680. The first-order chi connectivity index (χ1) is 8.99. The molecule has 5 heteroatoms. The molecule has 0 fully saturated rings. The van der Waals surface area contributed by atoms with Crippen molar-refractivity contribution < 1.29 is 13.2 Å². The lowest BCUT2D eigenvalue weighted by atomic mass is 10.1. The van der Waals surface area contributed by atoms with Crippen LogP contribution in [0.15, 0.2) is 23.1 Å². The van der Waals surface area contributed by atoms with E-state index in [1.807, 2.05) is 0 Å². The summed E-state index contributed by atoms with van der Waals surface area (Å²) in [4.78, 5) is 0.661. The highest BCUT2D eigenvalue weighted by molar-refractivity contribution is 7.99. The molecule has 2 N–H and O–H groups in total. The van der Waals surface area contributed by atoms with Gasteiger partial charge < -0.3 is 5.73 Å². The summed E-state index contributed by atoms with van der Waals surface area (Å²) < 4.78 is 38.0. The second-order valence-corrected chi connectivity index (χ2v) is 5.57. The molecule has 1 rings (SSSR count). The monoisotopic (exact) mass is 291 g/mol. The van der Waals surface area contributed by atoms with Gasteiger partial charge in [-0.2, -0.15) is 13.2 Å². The first-order valence-electron chi connectivity index (χ1n) is 6.52. The maximum Gasteiger partial charge on any atom is 0.416 e. The van der Waals surface area contributed by atoms with E-state index in [0.717, 1.165) is 36.6 Å². The van der Waals surface area contributed by atoms with Crippen molar-refractivity contribution in [3.8, 4) is 0 Å². The van der Waals surface area contributed by atoms with Crippen LogP contribution in [0.5, 0.6) is 0 Å². The molecule has 0 amide bonds. The topological polar surface area (TPSA) is 26.0 Å². The Morgan fingerprint density at radius 3 is 2.47 bits per heavy atom. The van der Waals surface area contributed by atoms with Crippen LogP contribution >= 0.6 is 11.8 Å². The molecule has 0 spiro atoms. The molecule has 1 aromatic rings. The number of hydrogen-bond donors (Lipinski definition) is 1. The van der Waals surface area contributed by atoms with E-state index in [-0.39, 0.29) is 6.54 Å². The third-order valence-corrected chi connectivity index (χ3v) is 4.05. The maximum atomic E-state index is 12.7. The van der Waals surface area contributed by atoms with Gasteiger partial charge >= 0.3 is 6.18 Å². The van der Waals surface area contributed by atoms with Gasteiger partial charge in [-0.1, -0.05) is 32.3 Å². The zero-order valence-electron chi connectivity index (χ0n) is 11.1. The molecule has 0 bridgehead atoms. The summed E-state index contributed by atoms with van der Waals surface area (Å²) in [5.41, 5.74) is 5.76. The number of alkyl halides is 3. The molecule has 0 aromatic heterocycles. The van der Waals surface area contributed by atoms with E-state index in [0.29, 0.717) is 4.90 Å². The van der Waals surface area contributed by atoms with Gasteiger partial charge in [0.2, 0.25) is 0 Å². The minimum Gasteiger partial charge on any atom is -0.326 e. The minimum absolute atomic E-state index is 0.273. The third kappa shape index (κ3) is 5.45. The van der Waals surface area contributed by atoms with Gasteiger partial charge in [0, 0.05) is 11.4 Å². The maximum absolute atomic E-state index is 12.7. The molecule has 19 heavy (non-hydrogen) atoms. The van der Waals surface area contributed by atoms with E-state index in [2.05, 4.69) is 6.92 Å². The fourth-order valence-electron chi connectivity index (χ4n) is 1.74. The number of hydrogen-bond acceptors (Lipinski definition) is 2. The smallest absolute Gasteiger partial charge is 0.326 e. The normalized spacial score (nSPS) is 11.8. The second kappa shape index (κ2) is 7.80. The van der Waals surface area contributed by atoms with Crippen LogP contribution in [0.3, 0.4) is 0 Å². The molecule has 1 nitrogen and oxygen atoms in total. The Bertz CT molecular complexity index is 391. The van der Waals surface area contributed by atoms with Gasteiger partial charge in [0.25, 0.3) is 0 Å². The average molecular weight is 291 g/mol. The van der Waals surface area contributed by atoms with E-state index in [4.69, 9.17) is 5.73 Å². The Labute approximate surface area is 116 Å². The van der Waals surface area contributed by atoms with Crippen LogP contribution < -0.4 is 5.73 Å². The zero-order chi connectivity index (χ0) is 14.3. The van der Waals surface area contributed by atoms with Crippen molar-refractivity contribution >= 4 is 11.8 Å². The van der Waals surface area contributed by atoms with Crippen LogP contribution in [0.25, 0.3) is 0 Å². The molecule has 0 radical (unpaired) electrons. The highest BCUT2D eigenvalue weighted by Gasteiger charge is 2.30. The molecule has 0 saturated carbocycles. The van der Waals surface area contributed by atoms with Crippen LogP contribution in [-0.4, -0.2) is 5.75 Å². The van der Waals surface area contributed by atoms with Gasteiger partial charge in [-0.15, -0.1) is 11.8 Å². The van der Waals surface area contributed by atoms with Crippen LogP contribution in [0, 0.1) is 0 Å². The molecule has 0 heterocycles. The summed E-state index contributed by atoms with van der Waals surface area (Å²) in [6, 6.07) is 3.80. The van der Waals surface area contributed by atoms with Crippen molar-refractivity contribution in [1.29, 1.82) is 0 Å². The van der Waals surface area contributed by atoms with Crippen LogP contribution in [0.2, 0.25) is 0 Å². The molecule has 1 aromatic carbocycles. The molecule has 108 valence electrons. The predicted octanol–water partition coefficient (Wildman–Crippen LogP) is 4.84. The van der Waals surface area contributed by atoms with Crippen LogP contribution in [0.4, 0.5) is 13.2 Å². The molecular weight excluding hydrogens is 271 g/mol. The van der Waals surface area contributed by atoms with Crippen LogP contribution in [-0.2, 0) is 12.7 Å². The highest BCUT2D eigenvalue weighted by Crippen LogP contribution is 2.34. The zero-order valence-corrected chi connectivity index (χ0v) is 11.9. The van der Waals surface area contributed by atoms with Crippen molar-refractivity contribution in [3.63, 3.8) is 0 Å². The first kappa shape index (κ1) is 16.4. The SMILES string of the molecule is CCCCCCSc1cc(C(F)(F)F)ccc1CN. The van der Waals surface area contributed by atoms with Crippen LogP contribution in [0.1, 0.15) is 43.7 Å². The molecule has 0 unspecified atom stereocenters. The molecule has 0 aliphatic rings. The quantitative estimate of drug-likeness (QED) is 0.575. The summed E-state index contributed by atoms with van der Waals surface area (Å²) in [5.74, 6) is 0.842. The summed E-state index contributed by atoms with van der Waals surface area (Å²) in [7, 11) is 0. The Balaban J connectivity index is 2.68. The van der Waals surface area contributed by atoms with E-state index in [9.17, 15) is 13.2 Å². The highest BCUT2D eigenvalue weighted by atomic mass is 32.2. The van der Waals surface area contributed by atoms with Crippen molar-refractivity contribution in [1.82, 2.24) is 0 Å². The van der Waals surface area contributed by atoms with Gasteiger partial charge in [0.1, 0.15) is 0 Å². The summed E-state index contributed by atoms with van der Waals surface area (Å²) >= 11 is 1.47. The molecule has 0 aliphatic carbocycles. The molecular formula is C14H20F3NS. The predicted molar refractivity (Wildman–Crippen MR) is 74.2 cm³/mol. The summed E-state index contributed by atoms with van der Waals surface area (Å²) in [5, 5.41) is 0. The summed E-state index contributed by atoms with van der Waals surface area (Å²) in [6.07, 6.45) is 0.193. The largest absolute Gasteiger partial charge is 0.416 e. The number of thioether (sulfide) groups is 1. The van der Waals surface area contributed by atoms with Crippen molar-refractivity contribution in [3.05, 3.63) is 29.3 Å². The number of nitrogens with two attached hydrogens (primary N) is 1. The Morgan fingerprint density at radius 2 is 1.89 bits per heavy atom. The Kier molecular flexibility index (Phi) is 6.72. The lowest BCUT2D eigenvalue weighted by Crippen LogP contribution is -2.07. The standard InChI is InChI=1S/C14H20F3NS/c1-2-3-4-5-8-19-13-9-12(14(15,16)17)7-6-11(13)10-18/h6-7,9H,2-5,8,10,18H2,1H3. The Morgan fingerprint density at radius 1 is 1.16 bits per heavy atom. The third-order valence-electron chi connectivity index (χ3n) is 2.87. The molecule has 0 aliphatic heterocycles. The first-order valence-corrected chi connectivity index (χ1v) is 7.50. The molecule has 0 saturated heterocycles. The van der Waals surface area contributed by atoms with Gasteiger partial charge in [-0.3, -0.25) is 0 Å². The fraction of sp³-hybridized carbons (Fsp3) is 0.571. The van der Waals surface area contributed by atoms with E-state index in [1.54, 1.807) is 0 Å². The summed E-state index contributed by atoms with van der Waals surface area (Å²) in [6.45, 7) is 2.40. The van der Waals surface area contributed by atoms with E-state index >= 15 is 0 Å². The fourth-order valence-corrected chi connectivity index (χ4v) is 2.86. The average Bonchev–Trinajstić information content (AvgIpc) is 2.37. The van der Waals surface area contributed by atoms with Gasteiger partial charge in [0.05, 0.1) is 5.56 Å². The van der Waals surface area contributed by atoms with Crippen molar-refractivity contribution in [2.45, 2.75) is 50.2 Å². The van der Waals surface area contributed by atoms with Crippen molar-refractivity contribution in [2.24, 2.45) is 5.73 Å². The number of halogens is 3. The molecule has 0 atom stereocenters. The van der Waals surface area contributed by atoms with Gasteiger partial charge in [-0.05, 0) is 29.9 Å². The minimum atomic E-state index is -4.29. The number of unbranched alkanes of at least 4 members (excludes halogenated alkanes) is 3. The lowest BCUT2D eigenvalue weighted by Gasteiger charge is -2.12. The van der Waals surface area contributed by atoms with Gasteiger partial charge in [-0.25, -0.2) is 0 Å². The number of benzene rings is 1. The lowest BCUT2D eigenvalue weighted by molar-refractivity contribution is -0.137.